The lowest BCUT2D eigenvalue weighted by atomic mass is 10.1. The molecule has 0 spiro atoms. The third-order valence-corrected chi connectivity index (χ3v) is 4.96. The zero-order valence-corrected chi connectivity index (χ0v) is 13.2. The lowest BCUT2D eigenvalue weighted by Crippen LogP contribution is -2.27. The number of anilines is 2. The summed E-state index contributed by atoms with van der Waals surface area (Å²) < 4.78 is 23.2. The number of rotatable bonds is 6. The van der Waals surface area contributed by atoms with Crippen LogP contribution in [0.5, 0.6) is 0 Å². The van der Waals surface area contributed by atoms with Gasteiger partial charge in [0.1, 0.15) is 0 Å². The molecule has 0 aliphatic heterocycles. The first-order chi connectivity index (χ1) is 8.75. The second kappa shape index (κ2) is 6.28. The van der Waals surface area contributed by atoms with Crippen LogP contribution in [0.4, 0.5) is 11.4 Å². The average Bonchev–Trinajstić information content (AvgIpc) is 2.30. The molecule has 108 valence electrons. The minimum absolute atomic E-state index is 0.0890. The van der Waals surface area contributed by atoms with Gasteiger partial charge >= 0.3 is 0 Å². The van der Waals surface area contributed by atoms with Crippen LogP contribution in [0.25, 0.3) is 0 Å². The summed E-state index contributed by atoms with van der Waals surface area (Å²) in [6.07, 6.45) is 0. The third-order valence-electron chi connectivity index (χ3n) is 3.07. The fraction of sp³-hybridized carbons (Fsp3) is 0.571. The molecule has 0 radical (unpaired) electrons. The Bertz CT molecular complexity index is 524. The van der Waals surface area contributed by atoms with E-state index in [-0.39, 0.29) is 17.5 Å². The molecule has 0 heterocycles. The summed E-state index contributed by atoms with van der Waals surface area (Å²) in [5, 5.41) is 3.27. The predicted octanol–water partition coefficient (Wildman–Crippen LogP) is 2.30. The van der Waals surface area contributed by atoms with E-state index in [9.17, 15) is 8.42 Å². The Morgan fingerprint density at radius 1 is 1.32 bits per heavy atom. The van der Waals surface area contributed by atoms with Gasteiger partial charge in [-0.15, -0.1) is 0 Å². The maximum atomic E-state index is 11.6. The monoisotopic (exact) mass is 284 g/mol. The van der Waals surface area contributed by atoms with E-state index in [1.54, 1.807) is 6.92 Å². The Labute approximate surface area is 116 Å². The van der Waals surface area contributed by atoms with Crippen molar-refractivity contribution >= 4 is 21.2 Å². The van der Waals surface area contributed by atoms with Crippen molar-refractivity contribution in [2.45, 2.75) is 26.8 Å². The third kappa shape index (κ3) is 4.74. The van der Waals surface area contributed by atoms with E-state index in [0.29, 0.717) is 0 Å². The van der Waals surface area contributed by atoms with Crippen molar-refractivity contribution in [1.82, 2.24) is 0 Å². The first-order valence-electron chi connectivity index (χ1n) is 6.50. The fourth-order valence-corrected chi connectivity index (χ4v) is 2.97. The number of hydrogen-bond acceptors (Lipinski definition) is 4. The minimum atomic E-state index is -2.94. The van der Waals surface area contributed by atoms with Crippen molar-refractivity contribution in [3.63, 3.8) is 0 Å². The molecule has 19 heavy (non-hydrogen) atoms. The highest BCUT2D eigenvalue weighted by Gasteiger charge is 2.14. The summed E-state index contributed by atoms with van der Waals surface area (Å²) in [6.45, 7) is 5.60. The summed E-state index contributed by atoms with van der Waals surface area (Å²) >= 11 is 0. The van der Waals surface area contributed by atoms with Crippen LogP contribution >= 0.6 is 0 Å². The molecule has 0 aliphatic carbocycles. The molecule has 0 saturated carbocycles. The average molecular weight is 284 g/mol. The molecule has 0 fully saturated rings. The second-order valence-electron chi connectivity index (χ2n) is 5.14. The number of nitrogens with zero attached hydrogens (tertiary/aromatic N) is 1. The van der Waals surface area contributed by atoms with Crippen molar-refractivity contribution in [2.24, 2.45) is 0 Å². The van der Waals surface area contributed by atoms with Gasteiger partial charge in [-0.1, -0.05) is 6.92 Å². The number of benzene rings is 1. The Hall–Kier alpha value is -1.23. The van der Waals surface area contributed by atoms with Gasteiger partial charge in [-0.25, -0.2) is 8.42 Å². The topological polar surface area (TPSA) is 49.4 Å². The summed E-state index contributed by atoms with van der Waals surface area (Å²) in [5.41, 5.74) is 3.24. The molecule has 0 bridgehead atoms. The summed E-state index contributed by atoms with van der Waals surface area (Å²) in [6, 6.07) is 6.02. The van der Waals surface area contributed by atoms with E-state index in [2.05, 4.69) is 11.4 Å². The molecule has 1 unspecified atom stereocenters. The standard InChI is InChI=1S/C14H24N2O2S/c1-6-19(17,18)10-12(3)15-14-8-7-13(16(4)5)9-11(14)2/h7-9,12,15H,6,10H2,1-5H3. The van der Waals surface area contributed by atoms with Crippen molar-refractivity contribution in [3.8, 4) is 0 Å². The zero-order chi connectivity index (χ0) is 14.6. The van der Waals surface area contributed by atoms with Crippen LogP contribution < -0.4 is 10.2 Å². The van der Waals surface area contributed by atoms with Crippen LogP contribution in [0.3, 0.4) is 0 Å². The molecule has 1 N–H and O–H groups in total. The molecular formula is C14H24N2O2S. The smallest absolute Gasteiger partial charge is 0.152 e. The number of aryl methyl sites for hydroxylation is 1. The van der Waals surface area contributed by atoms with Gasteiger partial charge in [-0.3, -0.25) is 0 Å². The number of hydrogen-bond donors (Lipinski definition) is 1. The van der Waals surface area contributed by atoms with E-state index < -0.39 is 9.84 Å². The molecule has 1 aromatic rings. The van der Waals surface area contributed by atoms with Gasteiger partial charge < -0.3 is 10.2 Å². The molecule has 0 saturated heterocycles. The first-order valence-corrected chi connectivity index (χ1v) is 8.32. The van der Waals surface area contributed by atoms with Gasteiger partial charge in [0.2, 0.25) is 0 Å². The van der Waals surface area contributed by atoms with Gasteiger partial charge in [0.15, 0.2) is 9.84 Å². The zero-order valence-electron chi connectivity index (χ0n) is 12.4. The van der Waals surface area contributed by atoms with E-state index in [1.807, 2.05) is 45.0 Å². The van der Waals surface area contributed by atoms with Crippen LogP contribution in [0.15, 0.2) is 18.2 Å². The Morgan fingerprint density at radius 2 is 1.95 bits per heavy atom. The maximum absolute atomic E-state index is 11.6. The van der Waals surface area contributed by atoms with E-state index in [1.165, 1.54) is 0 Å². The highest BCUT2D eigenvalue weighted by Crippen LogP contribution is 2.22. The van der Waals surface area contributed by atoms with E-state index in [4.69, 9.17) is 0 Å². The molecule has 4 nitrogen and oxygen atoms in total. The highest BCUT2D eigenvalue weighted by molar-refractivity contribution is 7.91. The van der Waals surface area contributed by atoms with Crippen molar-refractivity contribution in [3.05, 3.63) is 23.8 Å². The van der Waals surface area contributed by atoms with Gasteiger partial charge in [0.05, 0.1) is 5.75 Å². The van der Waals surface area contributed by atoms with Gasteiger partial charge in [0, 0.05) is 37.3 Å². The molecule has 1 atom stereocenters. The second-order valence-corrected chi connectivity index (χ2v) is 7.54. The van der Waals surface area contributed by atoms with Gasteiger partial charge in [-0.05, 0) is 37.6 Å². The first kappa shape index (κ1) is 15.8. The summed E-state index contributed by atoms with van der Waals surface area (Å²) in [5.74, 6) is 0.357. The molecule has 5 heteroatoms. The van der Waals surface area contributed by atoms with Crippen LogP contribution in [0.2, 0.25) is 0 Å². The SMILES string of the molecule is CCS(=O)(=O)CC(C)Nc1ccc(N(C)C)cc1C. The summed E-state index contributed by atoms with van der Waals surface area (Å²) in [7, 11) is 1.05. The van der Waals surface area contributed by atoms with Crippen molar-refractivity contribution in [2.75, 3.05) is 35.8 Å². The largest absolute Gasteiger partial charge is 0.381 e. The number of nitrogens with one attached hydrogen (secondary N) is 1. The van der Waals surface area contributed by atoms with Crippen LogP contribution in [-0.2, 0) is 9.84 Å². The van der Waals surface area contributed by atoms with E-state index >= 15 is 0 Å². The number of sulfone groups is 1. The van der Waals surface area contributed by atoms with Crippen LogP contribution in [0, 0.1) is 6.92 Å². The highest BCUT2D eigenvalue weighted by atomic mass is 32.2. The minimum Gasteiger partial charge on any atom is -0.381 e. The molecule has 0 aromatic heterocycles. The summed E-state index contributed by atoms with van der Waals surface area (Å²) in [4.78, 5) is 2.04. The molecule has 1 aromatic carbocycles. The molecule has 0 amide bonds. The van der Waals surface area contributed by atoms with Gasteiger partial charge in [-0.2, -0.15) is 0 Å². The normalized spacial score (nSPS) is 13.1. The Morgan fingerprint density at radius 3 is 2.42 bits per heavy atom. The Kier molecular flexibility index (Phi) is 5.23. The Balaban J connectivity index is 2.78. The van der Waals surface area contributed by atoms with E-state index in [0.717, 1.165) is 16.9 Å². The lowest BCUT2D eigenvalue weighted by molar-refractivity contribution is 0.593. The van der Waals surface area contributed by atoms with Crippen LogP contribution in [-0.4, -0.2) is 40.1 Å². The quantitative estimate of drug-likeness (QED) is 0.871. The fourth-order valence-electron chi connectivity index (χ4n) is 1.89. The maximum Gasteiger partial charge on any atom is 0.152 e. The molecule has 0 aliphatic rings. The van der Waals surface area contributed by atoms with Crippen molar-refractivity contribution < 1.29 is 8.42 Å². The molecule has 1 rings (SSSR count). The van der Waals surface area contributed by atoms with Crippen LogP contribution in [0.1, 0.15) is 19.4 Å². The van der Waals surface area contributed by atoms with Gasteiger partial charge in [0.25, 0.3) is 0 Å². The molecular weight excluding hydrogens is 260 g/mol. The predicted molar refractivity (Wildman–Crippen MR) is 82.9 cm³/mol. The lowest BCUT2D eigenvalue weighted by Gasteiger charge is -2.19. The van der Waals surface area contributed by atoms with Crippen molar-refractivity contribution in [1.29, 1.82) is 0 Å².